The fourth-order valence-corrected chi connectivity index (χ4v) is 1.98. The monoisotopic (exact) mass is 189 g/mol. The molecule has 76 valence electrons. The summed E-state index contributed by atoms with van der Waals surface area (Å²) in [5.74, 6) is 0.929. The standard InChI is InChI=1S/C13H19N/c1-11(13-8-5-9-13)14-10-12-6-3-2-4-7-12/h2-4,6-7,11,13-14H,5,8-10H2,1H3/t11-/m0/s1. The summed E-state index contributed by atoms with van der Waals surface area (Å²) in [6.45, 7) is 3.32. The van der Waals surface area contributed by atoms with Gasteiger partial charge in [0.25, 0.3) is 0 Å². The molecule has 1 aromatic carbocycles. The van der Waals surface area contributed by atoms with Crippen molar-refractivity contribution in [1.29, 1.82) is 0 Å². The number of rotatable bonds is 4. The normalized spacial score (nSPS) is 18.9. The minimum absolute atomic E-state index is 0.684. The van der Waals surface area contributed by atoms with Crippen LogP contribution in [0.5, 0.6) is 0 Å². The lowest BCUT2D eigenvalue weighted by Crippen LogP contribution is -2.36. The molecule has 1 aliphatic rings. The molecule has 0 saturated heterocycles. The molecular weight excluding hydrogens is 170 g/mol. The maximum Gasteiger partial charge on any atom is 0.0208 e. The van der Waals surface area contributed by atoms with E-state index in [-0.39, 0.29) is 0 Å². The molecule has 1 fully saturated rings. The van der Waals surface area contributed by atoms with Gasteiger partial charge in [-0.2, -0.15) is 0 Å². The second-order valence-corrected chi connectivity index (χ2v) is 4.35. The van der Waals surface area contributed by atoms with Crippen LogP contribution in [0.25, 0.3) is 0 Å². The Kier molecular flexibility index (Phi) is 3.20. The summed E-state index contributed by atoms with van der Waals surface area (Å²) < 4.78 is 0. The first-order valence-corrected chi connectivity index (χ1v) is 5.63. The maximum absolute atomic E-state index is 3.60. The molecule has 1 aliphatic carbocycles. The third kappa shape index (κ3) is 2.36. The number of nitrogens with one attached hydrogen (secondary N) is 1. The Morgan fingerprint density at radius 3 is 2.57 bits per heavy atom. The number of benzene rings is 1. The second-order valence-electron chi connectivity index (χ2n) is 4.35. The van der Waals surface area contributed by atoms with Crippen LogP contribution in [0, 0.1) is 5.92 Å². The van der Waals surface area contributed by atoms with Crippen LogP contribution in [-0.4, -0.2) is 6.04 Å². The van der Waals surface area contributed by atoms with Crippen LogP contribution in [0.1, 0.15) is 31.7 Å². The molecule has 1 aromatic rings. The third-order valence-corrected chi connectivity index (χ3v) is 3.33. The van der Waals surface area contributed by atoms with Gasteiger partial charge in [-0.15, -0.1) is 0 Å². The van der Waals surface area contributed by atoms with Gasteiger partial charge in [0.2, 0.25) is 0 Å². The lowest BCUT2D eigenvalue weighted by Gasteiger charge is -2.32. The van der Waals surface area contributed by atoms with Gasteiger partial charge in [-0.1, -0.05) is 36.8 Å². The molecule has 0 heterocycles. The zero-order valence-electron chi connectivity index (χ0n) is 8.87. The minimum Gasteiger partial charge on any atom is -0.310 e. The second kappa shape index (κ2) is 4.61. The zero-order chi connectivity index (χ0) is 9.80. The van der Waals surface area contributed by atoms with E-state index in [1.54, 1.807) is 0 Å². The highest BCUT2D eigenvalue weighted by molar-refractivity contribution is 5.14. The average molecular weight is 189 g/mol. The largest absolute Gasteiger partial charge is 0.310 e. The van der Waals surface area contributed by atoms with Crippen molar-refractivity contribution in [3.05, 3.63) is 35.9 Å². The van der Waals surface area contributed by atoms with Crippen LogP contribution >= 0.6 is 0 Å². The van der Waals surface area contributed by atoms with Gasteiger partial charge in [0.15, 0.2) is 0 Å². The van der Waals surface area contributed by atoms with Crippen LogP contribution in [0.2, 0.25) is 0 Å². The van der Waals surface area contributed by atoms with Crippen LogP contribution in [-0.2, 0) is 6.54 Å². The Morgan fingerprint density at radius 2 is 2.00 bits per heavy atom. The molecule has 0 radical (unpaired) electrons. The Bertz CT molecular complexity index is 264. The molecule has 1 atom stereocenters. The van der Waals surface area contributed by atoms with Gasteiger partial charge in [-0.05, 0) is 31.2 Å². The molecule has 0 spiro atoms. The molecule has 1 nitrogen and oxygen atoms in total. The van der Waals surface area contributed by atoms with Gasteiger partial charge >= 0.3 is 0 Å². The van der Waals surface area contributed by atoms with Crippen molar-refractivity contribution in [2.75, 3.05) is 0 Å². The predicted octanol–water partition coefficient (Wildman–Crippen LogP) is 2.96. The highest BCUT2D eigenvalue weighted by Gasteiger charge is 2.22. The van der Waals surface area contributed by atoms with Gasteiger partial charge in [0, 0.05) is 12.6 Å². The molecule has 0 aromatic heterocycles. The van der Waals surface area contributed by atoms with E-state index in [4.69, 9.17) is 0 Å². The topological polar surface area (TPSA) is 12.0 Å². The lowest BCUT2D eigenvalue weighted by atomic mass is 9.80. The lowest BCUT2D eigenvalue weighted by molar-refractivity contribution is 0.240. The number of hydrogen-bond donors (Lipinski definition) is 1. The summed E-state index contributed by atoms with van der Waals surface area (Å²) in [5.41, 5.74) is 1.39. The Labute approximate surface area is 86.5 Å². The minimum atomic E-state index is 0.684. The first-order valence-electron chi connectivity index (χ1n) is 5.63. The summed E-state index contributed by atoms with van der Waals surface area (Å²) in [6, 6.07) is 11.3. The van der Waals surface area contributed by atoms with Gasteiger partial charge < -0.3 is 5.32 Å². The van der Waals surface area contributed by atoms with Crippen LogP contribution in [0.15, 0.2) is 30.3 Å². The van der Waals surface area contributed by atoms with Crippen molar-refractivity contribution >= 4 is 0 Å². The maximum atomic E-state index is 3.60. The molecule has 0 unspecified atom stereocenters. The molecule has 14 heavy (non-hydrogen) atoms. The fourth-order valence-electron chi connectivity index (χ4n) is 1.98. The Morgan fingerprint density at radius 1 is 1.29 bits per heavy atom. The molecule has 1 saturated carbocycles. The smallest absolute Gasteiger partial charge is 0.0208 e. The van der Waals surface area contributed by atoms with Crippen LogP contribution in [0.4, 0.5) is 0 Å². The first-order chi connectivity index (χ1) is 6.86. The van der Waals surface area contributed by atoms with E-state index in [2.05, 4.69) is 42.6 Å². The highest BCUT2D eigenvalue weighted by Crippen LogP contribution is 2.29. The average Bonchev–Trinajstić information content (AvgIpc) is 2.14. The summed E-state index contributed by atoms with van der Waals surface area (Å²) in [7, 11) is 0. The predicted molar refractivity (Wildman–Crippen MR) is 60.1 cm³/mol. The van der Waals surface area contributed by atoms with E-state index in [1.165, 1.54) is 24.8 Å². The molecule has 2 rings (SSSR count). The van der Waals surface area contributed by atoms with Crippen molar-refractivity contribution in [3.63, 3.8) is 0 Å². The molecule has 0 aliphatic heterocycles. The first kappa shape index (κ1) is 9.72. The summed E-state index contributed by atoms with van der Waals surface area (Å²) >= 11 is 0. The van der Waals surface area contributed by atoms with Crippen molar-refractivity contribution < 1.29 is 0 Å². The van der Waals surface area contributed by atoms with Crippen molar-refractivity contribution in [3.8, 4) is 0 Å². The SMILES string of the molecule is C[C@H](NCc1ccccc1)C1CCC1. The van der Waals surface area contributed by atoms with E-state index < -0.39 is 0 Å². The quantitative estimate of drug-likeness (QED) is 0.768. The number of hydrogen-bond acceptors (Lipinski definition) is 1. The molecule has 1 heteroatoms. The Balaban J connectivity index is 1.76. The Hall–Kier alpha value is -0.820. The summed E-state index contributed by atoms with van der Waals surface area (Å²) in [4.78, 5) is 0. The molecule has 0 amide bonds. The fraction of sp³-hybridized carbons (Fsp3) is 0.538. The summed E-state index contributed by atoms with van der Waals surface area (Å²) in [5, 5.41) is 3.60. The molecule has 0 bridgehead atoms. The highest BCUT2D eigenvalue weighted by atomic mass is 14.9. The van der Waals surface area contributed by atoms with E-state index in [0.717, 1.165) is 12.5 Å². The van der Waals surface area contributed by atoms with E-state index in [9.17, 15) is 0 Å². The van der Waals surface area contributed by atoms with Gasteiger partial charge in [-0.25, -0.2) is 0 Å². The molecular formula is C13H19N. The van der Waals surface area contributed by atoms with Gasteiger partial charge in [0.1, 0.15) is 0 Å². The van der Waals surface area contributed by atoms with Gasteiger partial charge in [-0.3, -0.25) is 0 Å². The van der Waals surface area contributed by atoms with E-state index in [1.807, 2.05) is 0 Å². The van der Waals surface area contributed by atoms with E-state index in [0.29, 0.717) is 6.04 Å². The van der Waals surface area contributed by atoms with Crippen molar-refractivity contribution in [1.82, 2.24) is 5.32 Å². The van der Waals surface area contributed by atoms with Crippen LogP contribution in [0.3, 0.4) is 0 Å². The zero-order valence-corrected chi connectivity index (χ0v) is 8.87. The van der Waals surface area contributed by atoms with Crippen molar-refractivity contribution in [2.45, 2.75) is 38.8 Å². The van der Waals surface area contributed by atoms with Gasteiger partial charge in [0.05, 0.1) is 0 Å². The van der Waals surface area contributed by atoms with Crippen molar-refractivity contribution in [2.24, 2.45) is 5.92 Å². The van der Waals surface area contributed by atoms with E-state index >= 15 is 0 Å². The van der Waals surface area contributed by atoms with Crippen LogP contribution < -0.4 is 5.32 Å². The summed E-state index contributed by atoms with van der Waals surface area (Å²) in [6.07, 6.45) is 4.27. The molecule has 1 N–H and O–H groups in total. The third-order valence-electron chi connectivity index (χ3n) is 3.33.